The Morgan fingerprint density at radius 2 is 2.22 bits per heavy atom. The molecule has 0 aliphatic heterocycles. The van der Waals surface area contributed by atoms with Gasteiger partial charge in [0.25, 0.3) is 0 Å². The fourth-order valence-corrected chi connectivity index (χ4v) is 2.88. The third-order valence-electron chi connectivity index (χ3n) is 4.06. The van der Waals surface area contributed by atoms with E-state index in [1.165, 1.54) is 31.2 Å². The number of anilines is 1. The smallest absolute Gasteiger partial charge is 0.128 e. The zero-order chi connectivity index (χ0) is 13.0. The van der Waals surface area contributed by atoms with Crippen molar-refractivity contribution in [1.82, 2.24) is 4.98 Å². The van der Waals surface area contributed by atoms with Crippen LogP contribution in [0.1, 0.15) is 38.2 Å². The molecule has 1 aliphatic carbocycles. The molecule has 0 spiro atoms. The van der Waals surface area contributed by atoms with E-state index in [0.717, 1.165) is 18.2 Å². The van der Waals surface area contributed by atoms with Gasteiger partial charge in [-0.2, -0.15) is 0 Å². The van der Waals surface area contributed by atoms with Crippen molar-refractivity contribution in [1.29, 1.82) is 0 Å². The molecule has 2 N–H and O–H groups in total. The zero-order valence-corrected chi connectivity index (χ0v) is 11.6. The molecular formula is C15H25N3. The number of pyridine rings is 1. The lowest BCUT2D eigenvalue weighted by atomic mass is 9.86. The Morgan fingerprint density at radius 1 is 1.39 bits per heavy atom. The van der Waals surface area contributed by atoms with Crippen LogP contribution in [-0.4, -0.2) is 24.6 Å². The molecule has 2 unspecified atom stereocenters. The van der Waals surface area contributed by atoms with Crippen LogP contribution in [0.15, 0.2) is 18.3 Å². The van der Waals surface area contributed by atoms with Gasteiger partial charge in [-0.15, -0.1) is 0 Å². The molecule has 1 fully saturated rings. The molecule has 18 heavy (non-hydrogen) atoms. The molecule has 3 heteroatoms. The van der Waals surface area contributed by atoms with E-state index in [4.69, 9.17) is 5.73 Å². The minimum Gasteiger partial charge on any atom is -0.357 e. The molecule has 0 saturated heterocycles. The number of aromatic nitrogens is 1. The second-order valence-electron chi connectivity index (χ2n) is 5.60. The van der Waals surface area contributed by atoms with E-state index in [9.17, 15) is 0 Å². The highest BCUT2D eigenvalue weighted by atomic mass is 15.2. The number of rotatable bonds is 4. The summed E-state index contributed by atoms with van der Waals surface area (Å²) in [5.74, 6) is 1.94. The van der Waals surface area contributed by atoms with Gasteiger partial charge in [0.05, 0.1) is 0 Å². The fourth-order valence-electron chi connectivity index (χ4n) is 2.88. The highest BCUT2D eigenvalue weighted by Gasteiger charge is 2.22. The molecule has 1 heterocycles. The summed E-state index contributed by atoms with van der Waals surface area (Å²) in [6.45, 7) is 3.05. The molecule has 0 aromatic carbocycles. The summed E-state index contributed by atoms with van der Waals surface area (Å²) in [6, 6.07) is 4.93. The minimum absolute atomic E-state index is 0.654. The summed E-state index contributed by atoms with van der Waals surface area (Å²) in [4.78, 5) is 6.92. The minimum atomic E-state index is 0.654. The molecule has 1 saturated carbocycles. The predicted molar refractivity (Wildman–Crippen MR) is 76.8 cm³/mol. The van der Waals surface area contributed by atoms with Crippen LogP contribution in [0.5, 0.6) is 0 Å². The topological polar surface area (TPSA) is 42.1 Å². The Balaban J connectivity index is 2.01. The first-order valence-corrected chi connectivity index (χ1v) is 7.08. The second kappa shape index (κ2) is 6.19. The maximum Gasteiger partial charge on any atom is 0.128 e. The Hall–Kier alpha value is -1.09. The molecule has 0 radical (unpaired) electrons. The van der Waals surface area contributed by atoms with Gasteiger partial charge in [-0.25, -0.2) is 4.98 Å². The van der Waals surface area contributed by atoms with Gasteiger partial charge in [-0.05, 0) is 43.4 Å². The van der Waals surface area contributed by atoms with Crippen molar-refractivity contribution >= 4 is 5.82 Å². The van der Waals surface area contributed by atoms with E-state index >= 15 is 0 Å². The number of nitrogens with zero attached hydrogens (tertiary/aromatic N) is 2. The molecule has 0 amide bonds. The first-order valence-electron chi connectivity index (χ1n) is 7.08. The second-order valence-corrected chi connectivity index (χ2v) is 5.60. The van der Waals surface area contributed by atoms with Crippen LogP contribution in [0.2, 0.25) is 0 Å². The Kier molecular flexibility index (Phi) is 4.59. The Morgan fingerprint density at radius 3 is 2.83 bits per heavy atom. The van der Waals surface area contributed by atoms with E-state index in [0.29, 0.717) is 12.6 Å². The van der Waals surface area contributed by atoms with Crippen LogP contribution in [0.3, 0.4) is 0 Å². The quantitative estimate of drug-likeness (QED) is 0.889. The van der Waals surface area contributed by atoms with Crippen molar-refractivity contribution in [3.8, 4) is 0 Å². The Labute approximate surface area is 110 Å². The molecule has 2 rings (SSSR count). The van der Waals surface area contributed by atoms with Crippen LogP contribution >= 0.6 is 0 Å². The van der Waals surface area contributed by atoms with Gasteiger partial charge >= 0.3 is 0 Å². The average Bonchev–Trinajstić information content (AvgIpc) is 2.39. The predicted octanol–water partition coefficient (Wildman–Crippen LogP) is 2.60. The largest absolute Gasteiger partial charge is 0.357 e. The van der Waals surface area contributed by atoms with Crippen molar-refractivity contribution in [3.05, 3.63) is 23.9 Å². The SMILES string of the molecule is CC1CCCC(N(C)c2ccc(CCN)cn2)C1. The molecular weight excluding hydrogens is 222 g/mol. The van der Waals surface area contributed by atoms with Crippen molar-refractivity contribution in [2.75, 3.05) is 18.5 Å². The van der Waals surface area contributed by atoms with Gasteiger partial charge in [-0.3, -0.25) is 0 Å². The summed E-state index contributed by atoms with van der Waals surface area (Å²) >= 11 is 0. The first-order chi connectivity index (χ1) is 8.70. The summed E-state index contributed by atoms with van der Waals surface area (Å²) in [6.07, 6.45) is 8.20. The van der Waals surface area contributed by atoms with E-state index in [1.54, 1.807) is 0 Å². The van der Waals surface area contributed by atoms with Crippen molar-refractivity contribution < 1.29 is 0 Å². The summed E-state index contributed by atoms with van der Waals surface area (Å²) in [7, 11) is 2.17. The molecule has 3 nitrogen and oxygen atoms in total. The van der Waals surface area contributed by atoms with Gasteiger partial charge in [0.15, 0.2) is 0 Å². The van der Waals surface area contributed by atoms with Crippen molar-refractivity contribution in [2.24, 2.45) is 11.7 Å². The molecule has 100 valence electrons. The van der Waals surface area contributed by atoms with Gasteiger partial charge in [0, 0.05) is 19.3 Å². The maximum absolute atomic E-state index is 5.55. The van der Waals surface area contributed by atoms with E-state index in [-0.39, 0.29) is 0 Å². The fraction of sp³-hybridized carbons (Fsp3) is 0.667. The van der Waals surface area contributed by atoms with Crippen LogP contribution in [0, 0.1) is 5.92 Å². The third kappa shape index (κ3) is 3.22. The maximum atomic E-state index is 5.55. The van der Waals surface area contributed by atoms with Gasteiger partial charge in [0.2, 0.25) is 0 Å². The van der Waals surface area contributed by atoms with Crippen molar-refractivity contribution in [3.63, 3.8) is 0 Å². The number of hydrogen-bond acceptors (Lipinski definition) is 3. The van der Waals surface area contributed by atoms with Gasteiger partial charge in [-0.1, -0.05) is 25.8 Å². The zero-order valence-electron chi connectivity index (χ0n) is 11.6. The van der Waals surface area contributed by atoms with E-state index < -0.39 is 0 Å². The summed E-state index contributed by atoms with van der Waals surface area (Å²) in [5.41, 5.74) is 6.78. The van der Waals surface area contributed by atoms with E-state index in [1.807, 2.05) is 6.20 Å². The summed E-state index contributed by atoms with van der Waals surface area (Å²) in [5, 5.41) is 0. The molecule has 1 aliphatic rings. The molecule has 0 bridgehead atoms. The van der Waals surface area contributed by atoms with Gasteiger partial charge < -0.3 is 10.6 Å². The van der Waals surface area contributed by atoms with Crippen LogP contribution < -0.4 is 10.6 Å². The molecule has 1 aromatic rings. The molecule has 2 atom stereocenters. The average molecular weight is 247 g/mol. The lowest BCUT2D eigenvalue weighted by molar-refractivity contribution is 0.335. The van der Waals surface area contributed by atoms with Crippen LogP contribution in [0.4, 0.5) is 5.82 Å². The highest BCUT2D eigenvalue weighted by molar-refractivity contribution is 5.39. The van der Waals surface area contributed by atoms with Crippen LogP contribution in [0.25, 0.3) is 0 Å². The standard InChI is InChI=1S/C15H25N3/c1-12-4-3-5-14(10-12)18(2)15-7-6-13(8-9-16)11-17-15/h6-7,11-12,14H,3-5,8-10,16H2,1-2H3. The number of hydrogen-bond donors (Lipinski definition) is 1. The monoisotopic (exact) mass is 247 g/mol. The first kappa shape index (κ1) is 13.3. The lowest BCUT2D eigenvalue weighted by Gasteiger charge is -2.34. The number of nitrogens with two attached hydrogens (primary N) is 1. The van der Waals surface area contributed by atoms with Crippen molar-refractivity contribution in [2.45, 2.75) is 45.1 Å². The summed E-state index contributed by atoms with van der Waals surface area (Å²) < 4.78 is 0. The highest BCUT2D eigenvalue weighted by Crippen LogP contribution is 2.28. The van der Waals surface area contributed by atoms with Gasteiger partial charge in [0.1, 0.15) is 5.82 Å². The third-order valence-corrected chi connectivity index (χ3v) is 4.06. The Bertz CT molecular complexity index is 361. The normalized spacial score (nSPS) is 23.9. The van der Waals surface area contributed by atoms with E-state index in [2.05, 4.69) is 36.0 Å². The van der Waals surface area contributed by atoms with Crippen LogP contribution in [-0.2, 0) is 6.42 Å². The molecule has 1 aromatic heterocycles. The lowest BCUT2D eigenvalue weighted by Crippen LogP contribution is -2.36.